The third kappa shape index (κ3) is 14.1. The summed E-state index contributed by atoms with van der Waals surface area (Å²) < 4.78 is 5.12. The SMILES string of the molecule is CC(=O)CCCSSCCNC(=O)OCC(C)(C)[C@@H](O)C(O)CCCC(=O)O. The molecule has 0 bridgehead atoms. The number of aliphatic carboxylic acids is 1. The third-order valence-corrected chi connectivity index (χ3v) is 6.42. The van der Waals surface area contributed by atoms with Crippen molar-refractivity contribution in [1.82, 2.24) is 5.32 Å². The van der Waals surface area contributed by atoms with Crippen molar-refractivity contribution in [2.45, 2.75) is 65.1 Å². The molecule has 0 aliphatic rings. The molecule has 2 atom stereocenters. The van der Waals surface area contributed by atoms with E-state index in [-0.39, 0.29) is 31.7 Å². The molecule has 1 unspecified atom stereocenters. The Kier molecular flexibility index (Phi) is 14.4. The molecule has 0 rings (SSSR count). The van der Waals surface area contributed by atoms with E-state index in [0.29, 0.717) is 18.7 Å². The van der Waals surface area contributed by atoms with Crippen molar-refractivity contribution in [3.63, 3.8) is 0 Å². The highest BCUT2D eigenvalue weighted by Gasteiger charge is 2.34. The maximum absolute atomic E-state index is 11.7. The fourth-order valence-corrected chi connectivity index (χ4v) is 4.22. The average molecular weight is 440 g/mol. The van der Waals surface area contributed by atoms with Crippen LogP contribution < -0.4 is 5.32 Å². The molecule has 0 radical (unpaired) electrons. The van der Waals surface area contributed by atoms with Crippen LogP contribution in [-0.2, 0) is 14.3 Å². The zero-order valence-electron chi connectivity index (χ0n) is 16.8. The van der Waals surface area contributed by atoms with Crippen LogP contribution in [0, 0.1) is 5.41 Å². The summed E-state index contributed by atoms with van der Waals surface area (Å²) >= 11 is 0. The predicted molar refractivity (Wildman–Crippen MR) is 111 cm³/mol. The van der Waals surface area contributed by atoms with Crippen molar-refractivity contribution in [3.05, 3.63) is 0 Å². The highest BCUT2D eigenvalue weighted by molar-refractivity contribution is 8.76. The minimum Gasteiger partial charge on any atom is -0.481 e. The molecule has 8 nitrogen and oxygen atoms in total. The Bertz CT molecular complexity index is 489. The van der Waals surface area contributed by atoms with Gasteiger partial charge < -0.3 is 30.2 Å². The summed E-state index contributed by atoms with van der Waals surface area (Å²) in [7, 11) is 3.26. The number of aliphatic hydroxyl groups excluding tert-OH is 2. The smallest absolute Gasteiger partial charge is 0.407 e. The maximum Gasteiger partial charge on any atom is 0.407 e. The second-order valence-corrected chi connectivity index (χ2v) is 9.94. The number of ketones is 1. The summed E-state index contributed by atoms with van der Waals surface area (Å²) in [6.45, 7) is 5.26. The van der Waals surface area contributed by atoms with Gasteiger partial charge in [0.05, 0.1) is 12.2 Å². The van der Waals surface area contributed by atoms with Crippen LogP contribution in [0.3, 0.4) is 0 Å². The van der Waals surface area contributed by atoms with E-state index >= 15 is 0 Å². The van der Waals surface area contributed by atoms with E-state index in [4.69, 9.17) is 9.84 Å². The third-order valence-electron chi connectivity index (χ3n) is 3.93. The van der Waals surface area contributed by atoms with E-state index in [2.05, 4.69) is 5.32 Å². The van der Waals surface area contributed by atoms with E-state index < -0.39 is 29.7 Å². The minimum atomic E-state index is -1.14. The van der Waals surface area contributed by atoms with Crippen molar-refractivity contribution < 1.29 is 34.4 Å². The van der Waals surface area contributed by atoms with Crippen LogP contribution in [0.1, 0.15) is 52.9 Å². The standard InChI is InChI=1S/C18H33NO7S2/c1-13(20)6-5-10-27-28-11-9-19-17(25)26-12-18(2,3)16(24)14(21)7-4-8-15(22)23/h14,16,21,24H,4-12H2,1-3H3,(H,19,25)(H,22,23)/t14?,16-/m0/s1. The molecule has 4 N–H and O–H groups in total. The van der Waals surface area contributed by atoms with Gasteiger partial charge in [0.1, 0.15) is 12.4 Å². The first-order chi connectivity index (χ1) is 13.1. The van der Waals surface area contributed by atoms with Gasteiger partial charge in [-0.15, -0.1) is 0 Å². The molecule has 0 heterocycles. The largest absolute Gasteiger partial charge is 0.481 e. The van der Waals surface area contributed by atoms with Crippen LogP contribution in [0.15, 0.2) is 0 Å². The van der Waals surface area contributed by atoms with Crippen molar-refractivity contribution in [2.24, 2.45) is 5.41 Å². The van der Waals surface area contributed by atoms with E-state index in [9.17, 15) is 24.6 Å². The van der Waals surface area contributed by atoms with E-state index in [1.165, 1.54) is 0 Å². The van der Waals surface area contributed by atoms with Gasteiger partial charge in [-0.25, -0.2) is 4.79 Å². The number of nitrogens with one attached hydrogen (secondary N) is 1. The number of carbonyl (C=O) groups excluding carboxylic acids is 2. The zero-order valence-corrected chi connectivity index (χ0v) is 18.4. The molecule has 0 aromatic heterocycles. The molecule has 0 fully saturated rings. The number of Topliss-reactive ketones (excluding diaryl/α,β-unsaturated/α-hetero) is 1. The van der Waals surface area contributed by atoms with Gasteiger partial charge in [-0.1, -0.05) is 35.4 Å². The van der Waals surface area contributed by atoms with Gasteiger partial charge in [-0.2, -0.15) is 0 Å². The summed E-state index contributed by atoms with van der Waals surface area (Å²) in [6.07, 6.45) is -1.04. The first kappa shape index (κ1) is 27.0. The Morgan fingerprint density at radius 1 is 1.07 bits per heavy atom. The van der Waals surface area contributed by atoms with Crippen molar-refractivity contribution in [1.29, 1.82) is 0 Å². The molecule has 1 amide bonds. The van der Waals surface area contributed by atoms with Gasteiger partial charge in [-0.3, -0.25) is 4.79 Å². The maximum atomic E-state index is 11.7. The molecular formula is C18H33NO7S2. The lowest BCUT2D eigenvalue weighted by Gasteiger charge is -2.33. The highest BCUT2D eigenvalue weighted by atomic mass is 33.1. The second-order valence-electron chi connectivity index (χ2n) is 7.24. The van der Waals surface area contributed by atoms with Crippen molar-refractivity contribution in [2.75, 3.05) is 24.7 Å². The number of aliphatic hydroxyl groups is 2. The first-order valence-electron chi connectivity index (χ1n) is 9.28. The van der Waals surface area contributed by atoms with Crippen molar-refractivity contribution >= 4 is 39.4 Å². The lowest BCUT2D eigenvalue weighted by molar-refractivity contribution is -0.137. The van der Waals surface area contributed by atoms with Gasteiger partial charge in [0, 0.05) is 36.3 Å². The minimum absolute atomic E-state index is 0.0733. The summed E-state index contributed by atoms with van der Waals surface area (Å²) in [6, 6.07) is 0. The summed E-state index contributed by atoms with van der Waals surface area (Å²) in [5.74, 6) is 0.827. The Labute approximate surface area is 174 Å². The topological polar surface area (TPSA) is 133 Å². The number of carboxylic acids is 1. The summed E-state index contributed by atoms with van der Waals surface area (Å²) in [4.78, 5) is 33.1. The predicted octanol–water partition coefficient (Wildman–Crippen LogP) is 2.47. The van der Waals surface area contributed by atoms with Crippen LogP contribution in [0.25, 0.3) is 0 Å². The highest BCUT2D eigenvalue weighted by Crippen LogP contribution is 2.26. The Balaban J connectivity index is 3.92. The molecule has 10 heteroatoms. The monoisotopic (exact) mass is 439 g/mol. The zero-order chi connectivity index (χ0) is 21.6. The molecule has 0 saturated carbocycles. The number of ether oxygens (including phenoxy) is 1. The van der Waals surface area contributed by atoms with Crippen molar-refractivity contribution in [3.8, 4) is 0 Å². The Hall–Kier alpha value is -0.970. The van der Waals surface area contributed by atoms with Gasteiger partial charge in [0.2, 0.25) is 0 Å². The van der Waals surface area contributed by atoms with Crippen LogP contribution >= 0.6 is 21.6 Å². The fraction of sp³-hybridized carbons (Fsp3) is 0.833. The molecule has 0 saturated heterocycles. The van der Waals surface area contributed by atoms with Gasteiger partial charge in [0.25, 0.3) is 0 Å². The molecule has 28 heavy (non-hydrogen) atoms. The van der Waals surface area contributed by atoms with Gasteiger partial charge in [-0.05, 0) is 26.2 Å². The van der Waals surface area contributed by atoms with Gasteiger partial charge in [0.15, 0.2) is 0 Å². The van der Waals surface area contributed by atoms with Crippen LogP contribution in [-0.4, -0.2) is 70.0 Å². The Morgan fingerprint density at radius 3 is 2.32 bits per heavy atom. The van der Waals surface area contributed by atoms with Crippen LogP contribution in [0.4, 0.5) is 4.79 Å². The molecule has 0 spiro atoms. The lowest BCUT2D eigenvalue weighted by Crippen LogP contribution is -2.43. The van der Waals surface area contributed by atoms with Gasteiger partial charge >= 0.3 is 12.1 Å². The summed E-state index contributed by atoms with van der Waals surface area (Å²) in [5, 5.41) is 31.5. The molecular weight excluding hydrogens is 406 g/mol. The first-order valence-corrected chi connectivity index (χ1v) is 11.8. The number of hydrogen-bond acceptors (Lipinski definition) is 8. The normalized spacial score (nSPS) is 13.6. The number of carbonyl (C=O) groups is 3. The molecule has 0 aromatic carbocycles. The lowest BCUT2D eigenvalue weighted by atomic mass is 9.83. The summed E-state index contributed by atoms with van der Waals surface area (Å²) in [5.41, 5.74) is -0.874. The molecule has 0 aromatic rings. The average Bonchev–Trinajstić information content (AvgIpc) is 2.60. The number of alkyl carbamates (subject to hydrolysis) is 1. The van der Waals surface area contributed by atoms with Crippen LogP contribution in [0.5, 0.6) is 0 Å². The Morgan fingerprint density at radius 2 is 1.71 bits per heavy atom. The quantitative estimate of drug-likeness (QED) is 0.211. The second kappa shape index (κ2) is 14.9. The number of hydrogen-bond donors (Lipinski definition) is 4. The number of carboxylic acid groups (broad SMARTS) is 1. The van der Waals surface area contributed by atoms with E-state index in [1.54, 1.807) is 42.4 Å². The van der Waals surface area contributed by atoms with E-state index in [1.807, 2.05) is 0 Å². The fourth-order valence-electron chi connectivity index (χ4n) is 2.22. The number of amides is 1. The van der Waals surface area contributed by atoms with E-state index in [0.717, 1.165) is 12.2 Å². The molecule has 0 aliphatic heterocycles. The number of rotatable bonds is 16. The molecule has 0 aliphatic carbocycles. The van der Waals surface area contributed by atoms with Crippen LogP contribution in [0.2, 0.25) is 0 Å². The molecule has 164 valence electrons.